The molecule has 0 unspecified atom stereocenters. The van der Waals surface area contributed by atoms with Gasteiger partial charge in [0.05, 0.1) is 11.3 Å². The number of anilines is 1. The molecule has 0 fully saturated rings. The molecular formula is C17H15F2NO3. The Morgan fingerprint density at radius 1 is 1.04 bits per heavy atom. The molecule has 4 nitrogen and oxygen atoms in total. The topological polar surface area (TPSA) is 55.4 Å². The molecule has 0 saturated heterocycles. The lowest BCUT2D eigenvalue weighted by atomic mass is 10.1. The van der Waals surface area contributed by atoms with Crippen LogP contribution in [0.1, 0.15) is 21.5 Å². The summed E-state index contributed by atoms with van der Waals surface area (Å²) < 4.78 is 31.7. The molecule has 0 bridgehead atoms. The molecule has 23 heavy (non-hydrogen) atoms. The monoisotopic (exact) mass is 319 g/mol. The lowest BCUT2D eigenvalue weighted by Gasteiger charge is -2.08. The predicted octanol–water partition coefficient (Wildman–Crippen LogP) is 3.38. The molecule has 0 atom stereocenters. The summed E-state index contributed by atoms with van der Waals surface area (Å²) in [7, 11) is 0. The predicted molar refractivity (Wildman–Crippen MR) is 81.2 cm³/mol. The zero-order valence-corrected chi connectivity index (χ0v) is 12.7. The Kier molecular flexibility index (Phi) is 5.05. The molecule has 0 spiro atoms. The highest BCUT2D eigenvalue weighted by Crippen LogP contribution is 2.15. The zero-order chi connectivity index (χ0) is 17.0. The van der Waals surface area contributed by atoms with Crippen LogP contribution >= 0.6 is 0 Å². The molecule has 6 heteroatoms. The molecule has 0 aromatic heterocycles. The minimum atomic E-state index is -0.830. The van der Waals surface area contributed by atoms with E-state index in [4.69, 9.17) is 4.74 Å². The molecule has 0 aliphatic heterocycles. The third-order valence-electron chi connectivity index (χ3n) is 3.14. The maximum absolute atomic E-state index is 13.6. The molecule has 2 aromatic rings. The van der Waals surface area contributed by atoms with Gasteiger partial charge in [-0.25, -0.2) is 13.6 Å². The normalized spacial score (nSPS) is 10.3. The van der Waals surface area contributed by atoms with Crippen LogP contribution in [0, 0.1) is 25.5 Å². The van der Waals surface area contributed by atoms with Crippen molar-refractivity contribution < 1.29 is 23.1 Å². The number of hydrogen-bond donors (Lipinski definition) is 1. The number of carbonyl (C=O) groups is 2. The number of hydrogen-bond acceptors (Lipinski definition) is 3. The van der Waals surface area contributed by atoms with Crippen LogP contribution in [0.25, 0.3) is 0 Å². The Labute approximate surface area is 132 Å². The minimum Gasteiger partial charge on any atom is -0.452 e. The van der Waals surface area contributed by atoms with Crippen molar-refractivity contribution in [3.8, 4) is 0 Å². The summed E-state index contributed by atoms with van der Waals surface area (Å²) in [5, 5.41) is 2.30. The summed E-state index contributed by atoms with van der Waals surface area (Å²) in [6, 6.07) is 8.21. The van der Waals surface area contributed by atoms with Crippen molar-refractivity contribution in [1.82, 2.24) is 0 Å². The van der Waals surface area contributed by atoms with E-state index < -0.39 is 30.1 Å². The van der Waals surface area contributed by atoms with E-state index in [1.807, 2.05) is 0 Å². The SMILES string of the molecule is Cc1ccc(NC(=O)COC(=O)c2ccc(C)c(F)c2)c(F)c1. The largest absolute Gasteiger partial charge is 0.452 e. The van der Waals surface area contributed by atoms with Crippen molar-refractivity contribution in [2.45, 2.75) is 13.8 Å². The van der Waals surface area contributed by atoms with E-state index in [0.29, 0.717) is 11.1 Å². The molecule has 2 rings (SSSR count). The number of aryl methyl sites for hydroxylation is 2. The Morgan fingerprint density at radius 2 is 1.78 bits per heavy atom. The first-order valence-corrected chi connectivity index (χ1v) is 6.86. The van der Waals surface area contributed by atoms with E-state index in [1.54, 1.807) is 19.9 Å². The van der Waals surface area contributed by atoms with Crippen molar-refractivity contribution >= 4 is 17.6 Å². The van der Waals surface area contributed by atoms with Crippen LogP contribution in [0.15, 0.2) is 36.4 Å². The Bertz CT molecular complexity index is 759. The Hall–Kier alpha value is -2.76. The van der Waals surface area contributed by atoms with Crippen molar-refractivity contribution in [3.05, 3.63) is 64.7 Å². The van der Waals surface area contributed by atoms with Crippen LogP contribution in [0.5, 0.6) is 0 Å². The number of ether oxygens (including phenoxy) is 1. The minimum absolute atomic E-state index is 0.00182. The fourth-order valence-corrected chi connectivity index (χ4v) is 1.84. The van der Waals surface area contributed by atoms with E-state index in [9.17, 15) is 18.4 Å². The van der Waals surface area contributed by atoms with Crippen molar-refractivity contribution in [1.29, 1.82) is 0 Å². The van der Waals surface area contributed by atoms with E-state index in [1.165, 1.54) is 24.3 Å². The molecule has 0 aliphatic carbocycles. The summed E-state index contributed by atoms with van der Waals surface area (Å²) in [6.45, 7) is 2.69. The van der Waals surface area contributed by atoms with Gasteiger partial charge in [-0.1, -0.05) is 12.1 Å². The average Bonchev–Trinajstić information content (AvgIpc) is 2.50. The maximum atomic E-state index is 13.6. The van der Waals surface area contributed by atoms with Gasteiger partial charge >= 0.3 is 5.97 Å². The first-order valence-electron chi connectivity index (χ1n) is 6.86. The van der Waals surface area contributed by atoms with Gasteiger partial charge in [0.25, 0.3) is 5.91 Å². The highest BCUT2D eigenvalue weighted by Gasteiger charge is 2.13. The van der Waals surface area contributed by atoms with Gasteiger partial charge in [-0.3, -0.25) is 4.79 Å². The lowest BCUT2D eigenvalue weighted by Crippen LogP contribution is -2.21. The highest BCUT2D eigenvalue weighted by atomic mass is 19.1. The van der Waals surface area contributed by atoms with Gasteiger partial charge in [0, 0.05) is 0 Å². The third-order valence-corrected chi connectivity index (χ3v) is 3.14. The summed E-state index contributed by atoms with van der Waals surface area (Å²) >= 11 is 0. The molecule has 2 aromatic carbocycles. The van der Waals surface area contributed by atoms with Crippen LogP contribution in [0.3, 0.4) is 0 Å². The molecule has 1 amide bonds. The first-order chi connectivity index (χ1) is 10.9. The molecule has 0 heterocycles. The second-order valence-electron chi connectivity index (χ2n) is 5.07. The number of benzene rings is 2. The van der Waals surface area contributed by atoms with Crippen molar-refractivity contribution in [2.24, 2.45) is 0 Å². The first kappa shape index (κ1) is 16.6. The highest BCUT2D eigenvalue weighted by molar-refractivity contribution is 5.95. The zero-order valence-electron chi connectivity index (χ0n) is 12.7. The quantitative estimate of drug-likeness (QED) is 0.879. The molecule has 0 radical (unpaired) electrons. The summed E-state index contributed by atoms with van der Waals surface area (Å²) in [4.78, 5) is 23.4. The molecule has 0 aliphatic rings. The standard InChI is InChI=1S/C17H15F2NO3/c1-10-3-6-15(14(19)7-10)20-16(21)9-23-17(22)12-5-4-11(2)13(18)8-12/h3-8H,9H2,1-2H3,(H,20,21). The fourth-order valence-electron chi connectivity index (χ4n) is 1.84. The van der Waals surface area contributed by atoms with Gasteiger partial charge in [0.15, 0.2) is 6.61 Å². The van der Waals surface area contributed by atoms with Crippen LogP contribution in [0.2, 0.25) is 0 Å². The van der Waals surface area contributed by atoms with Gasteiger partial charge in [-0.15, -0.1) is 0 Å². The van der Waals surface area contributed by atoms with Crippen molar-refractivity contribution in [3.63, 3.8) is 0 Å². The number of esters is 1. The van der Waals surface area contributed by atoms with Gasteiger partial charge in [-0.05, 0) is 49.2 Å². The van der Waals surface area contributed by atoms with E-state index in [2.05, 4.69) is 5.32 Å². The fraction of sp³-hybridized carbons (Fsp3) is 0.176. The van der Waals surface area contributed by atoms with Crippen molar-refractivity contribution in [2.75, 3.05) is 11.9 Å². The Morgan fingerprint density at radius 3 is 2.43 bits per heavy atom. The molecule has 120 valence electrons. The number of amides is 1. The van der Waals surface area contributed by atoms with Gasteiger partial charge in [0.2, 0.25) is 0 Å². The lowest BCUT2D eigenvalue weighted by molar-refractivity contribution is -0.119. The number of rotatable bonds is 4. The summed E-state index contributed by atoms with van der Waals surface area (Å²) in [5.74, 6) is -2.63. The molecular weight excluding hydrogens is 304 g/mol. The average molecular weight is 319 g/mol. The van der Waals surface area contributed by atoms with Gasteiger partial charge < -0.3 is 10.1 Å². The number of carbonyl (C=O) groups excluding carboxylic acids is 2. The smallest absolute Gasteiger partial charge is 0.338 e. The molecule has 0 saturated carbocycles. The second-order valence-corrected chi connectivity index (χ2v) is 5.07. The number of halogens is 2. The van der Waals surface area contributed by atoms with E-state index in [0.717, 1.165) is 6.07 Å². The third kappa shape index (κ3) is 4.35. The number of nitrogens with one attached hydrogen (secondary N) is 1. The van der Waals surface area contributed by atoms with E-state index >= 15 is 0 Å². The van der Waals surface area contributed by atoms with Crippen LogP contribution in [0.4, 0.5) is 14.5 Å². The van der Waals surface area contributed by atoms with Crippen LogP contribution in [-0.4, -0.2) is 18.5 Å². The van der Waals surface area contributed by atoms with Gasteiger partial charge in [0.1, 0.15) is 11.6 Å². The summed E-state index contributed by atoms with van der Waals surface area (Å²) in [6.07, 6.45) is 0. The Balaban J connectivity index is 1.93. The maximum Gasteiger partial charge on any atom is 0.338 e. The van der Waals surface area contributed by atoms with Crippen LogP contribution < -0.4 is 5.32 Å². The molecule has 1 N–H and O–H groups in total. The van der Waals surface area contributed by atoms with Gasteiger partial charge in [-0.2, -0.15) is 0 Å². The van der Waals surface area contributed by atoms with E-state index in [-0.39, 0.29) is 11.3 Å². The second kappa shape index (κ2) is 7.00. The summed E-state index contributed by atoms with van der Waals surface area (Å²) in [5.41, 5.74) is 1.11. The van der Waals surface area contributed by atoms with Crippen LogP contribution in [-0.2, 0) is 9.53 Å².